The van der Waals surface area contributed by atoms with Gasteiger partial charge in [0.05, 0.1) is 16.6 Å². The largest absolute Gasteiger partial charge is 0.396 e. The molecule has 1 fully saturated rings. The quantitative estimate of drug-likeness (QED) is 0.433. The number of amides is 1. The Morgan fingerprint density at radius 3 is 2.91 bits per heavy atom. The highest BCUT2D eigenvalue weighted by atomic mass is 35.5. The lowest BCUT2D eigenvalue weighted by atomic mass is 10.0. The van der Waals surface area contributed by atoms with Crippen molar-refractivity contribution in [2.75, 3.05) is 33.4 Å². The van der Waals surface area contributed by atoms with E-state index in [1.807, 2.05) is 16.7 Å². The molecule has 3 heterocycles. The minimum absolute atomic E-state index is 0. The number of fused-ring (bicyclic) bond motifs is 3. The van der Waals surface area contributed by atoms with Crippen LogP contribution >= 0.6 is 36.2 Å². The first-order valence-corrected chi connectivity index (χ1v) is 11.4. The third-order valence-electron chi connectivity index (χ3n) is 5.76. The Morgan fingerprint density at radius 2 is 2.19 bits per heavy atom. The van der Waals surface area contributed by atoms with Crippen LogP contribution in [-0.4, -0.2) is 64.3 Å². The van der Waals surface area contributed by atoms with Crippen LogP contribution in [0, 0.1) is 0 Å². The van der Waals surface area contributed by atoms with Crippen LogP contribution in [0.25, 0.3) is 16.0 Å². The van der Waals surface area contributed by atoms with E-state index in [4.69, 9.17) is 9.84 Å². The van der Waals surface area contributed by atoms with E-state index < -0.39 is 0 Å². The first kappa shape index (κ1) is 26.8. The number of ether oxygens (including phenoxy) is 1. The molecule has 7 nitrogen and oxygen atoms in total. The molecule has 1 atom stereocenters. The van der Waals surface area contributed by atoms with Gasteiger partial charge < -0.3 is 20.1 Å². The molecular formula is C22H32Cl2N4O3S. The smallest absolute Gasteiger partial charge is 0.265 e. The van der Waals surface area contributed by atoms with Crippen molar-refractivity contribution in [2.45, 2.75) is 44.8 Å². The Bertz CT molecular complexity index is 1030. The summed E-state index contributed by atoms with van der Waals surface area (Å²) in [6.45, 7) is 5.43. The lowest BCUT2D eigenvalue weighted by Gasteiger charge is -2.23. The van der Waals surface area contributed by atoms with Crippen LogP contribution in [0.2, 0.25) is 0 Å². The van der Waals surface area contributed by atoms with E-state index in [2.05, 4.69) is 29.4 Å². The van der Waals surface area contributed by atoms with Crippen LogP contribution in [-0.2, 0) is 11.3 Å². The lowest BCUT2D eigenvalue weighted by molar-refractivity contribution is 0.0207. The second kappa shape index (κ2) is 11.6. The second-order valence-corrected chi connectivity index (χ2v) is 9.35. The number of nitrogens with zero attached hydrogens (tertiary/aromatic N) is 3. The first-order valence-electron chi connectivity index (χ1n) is 10.6. The summed E-state index contributed by atoms with van der Waals surface area (Å²) in [5, 5.41) is 12.4. The minimum atomic E-state index is -0.0557. The molecule has 0 saturated carbocycles. The maximum Gasteiger partial charge on any atom is 0.265 e. The predicted octanol–water partition coefficient (Wildman–Crippen LogP) is 3.90. The summed E-state index contributed by atoms with van der Waals surface area (Å²) < 4.78 is 7.86. The molecule has 4 rings (SSSR count). The molecule has 1 saturated heterocycles. The van der Waals surface area contributed by atoms with Crippen molar-refractivity contribution in [1.29, 1.82) is 0 Å². The molecule has 0 aliphatic carbocycles. The number of thiazole rings is 1. The standard InChI is InChI=1S/C22H30N4O3S.2ClH/c1-22(8-5-11-29-22)15-23-13-16-6-7-17-18(12-16)26-14-19(30-21(26)24-17)20(28)25(2)9-3-4-10-27;;/h6-7,12,14,23,27H,3-5,8-11,13,15H2,1-2H3;2*1H/t22-;;/m0../s1. The zero-order chi connectivity index (χ0) is 21.1. The molecule has 10 heteroatoms. The number of carbonyl (C=O) groups excluding carboxylic acids is 1. The molecule has 32 heavy (non-hydrogen) atoms. The number of halogens is 2. The molecule has 1 aliphatic heterocycles. The normalized spacial score (nSPS) is 18.0. The Morgan fingerprint density at radius 1 is 1.38 bits per heavy atom. The molecule has 0 spiro atoms. The zero-order valence-corrected chi connectivity index (χ0v) is 21.0. The van der Waals surface area contributed by atoms with E-state index in [9.17, 15) is 4.79 Å². The molecule has 178 valence electrons. The molecule has 1 amide bonds. The number of rotatable bonds is 9. The zero-order valence-electron chi connectivity index (χ0n) is 18.5. The maximum atomic E-state index is 12.7. The monoisotopic (exact) mass is 502 g/mol. The summed E-state index contributed by atoms with van der Waals surface area (Å²) in [5.41, 5.74) is 3.09. The van der Waals surface area contributed by atoms with Gasteiger partial charge in [-0.1, -0.05) is 17.4 Å². The lowest BCUT2D eigenvalue weighted by Crippen LogP contribution is -2.36. The average Bonchev–Trinajstić information content (AvgIpc) is 3.42. The third kappa shape index (κ3) is 5.92. The average molecular weight is 503 g/mol. The van der Waals surface area contributed by atoms with Gasteiger partial charge in [0.2, 0.25) is 0 Å². The second-order valence-electron chi connectivity index (χ2n) is 8.35. The highest BCUT2D eigenvalue weighted by Gasteiger charge is 2.29. The van der Waals surface area contributed by atoms with E-state index in [0.717, 1.165) is 55.0 Å². The molecular weight excluding hydrogens is 471 g/mol. The van der Waals surface area contributed by atoms with Crippen molar-refractivity contribution < 1.29 is 14.6 Å². The topological polar surface area (TPSA) is 79.1 Å². The molecule has 1 aromatic carbocycles. The number of unbranched alkanes of at least 4 members (excludes halogenated alkanes) is 1. The minimum Gasteiger partial charge on any atom is -0.396 e. The van der Waals surface area contributed by atoms with Gasteiger partial charge in [0.1, 0.15) is 4.88 Å². The van der Waals surface area contributed by atoms with Crippen LogP contribution in [0.1, 0.15) is 47.8 Å². The number of aromatic nitrogens is 2. The Hall–Kier alpha value is -1.42. The third-order valence-corrected chi connectivity index (χ3v) is 6.73. The number of aliphatic hydroxyl groups is 1. The number of hydrogen-bond donors (Lipinski definition) is 2. The number of aliphatic hydroxyl groups excluding tert-OH is 1. The SMILES string of the molecule is CN(CCCCO)C(=O)c1cn2c(nc3ccc(CNC[C@]4(C)CCCO4)cc32)s1.Cl.Cl. The highest BCUT2D eigenvalue weighted by Crippen LogP contribution is 2.26. The predicted molar refractivity (Wildman–Crippen MR) is 134 cm³/mol. The van der Waals surface area contributed by atoms with Crippen molar-refractivity contribution in [3.05, 3.63) is 34.8 Å². The summed E-state index contributed by atoms with van der Waals surface area (Å²) in [5.74, 6) is -0.000724. The molecule has 3 aromatic rings. The molecule has 0 bridgehead atoms. The number of benzene rings is 1. The van der Waals surface area contributed by atoms with Gasteiger partial charge in [-0.3, -0.25) is 9.20 Å². The molecule has 2 N–H and O–H groups in total. The van der Waals surface area contributed by atoms with Crippen LogP contribution in [0.5, 0.6) is 0 Å². The number of carbonyl (C=O) groups is 1. The van der Waals surface area contributed by atoms with Gasteiger partial charge in [0.25, 0.3) is 5.91 Å². The van der Waals surface area contributed by atoms with Crippen molar-refractivity contribution in [1.82, 2.24) is 19.6 Å². The Kier molecular flexibility index (Phi) is 9.75. The van der Waals surface area contributed by atoms with Crippen LogP contribution < -0.4 is 5.32 Å². The van der Waals surface area contributed by atoms with Gasteiger partial charge in [0, 0.05) is 46.1 Å². The van der Waals surface area contributed by atoms with Gasteiger partial charge in [-0.2, -0.15) is 0 Å². The number of nitrogens with one attached hydrogen (secondary N) is 1. The van der Waals surface area contributed by atoms with Crippen molar-refractivity contribution in [2.24, 2.45) is 0 Å². The maximum absolute atomic E-state index is 12.7. The number of hydrogen-bond acceptors (Lipinski definition) is 6. The van der Waals surface area contributed by atoms with Gasteiger partial charge >= 0.3 is 0 Å². The number of imidazole rings is 1. The Balaban J connectivity index is 0.00000181. The van der Waals surface area contributed by atoms with Gasteiger partial charge in [0.15, 0.2) is 4.96 Å². The highest BCUT2D eigenvalue weighted by molar-refractivity contribution is 7.18. The van der Waals surface area contributed by atoms with Crippen molar-refractivity contribution in [3.63, 3.8) is 0 Å². The summed E-state index contributed by atoms with van der Waals surface area (Å²) in [6.07, 6.45) is 5.63. The summed E-state index contributed by atoms with van der Waals surface area (Å²) in [7, 11) is 1.80. The van der Waals surface area contributed by atoms with Crippen molar-refractivity contribution in [3.8, 4) is 0 Å². The Labute approximate surface area is 205 Å². The fourth-order valence-electron chi connectivity index (χ4n) is 3.96. The van der Waals surface area contributed by atoms with Crippen LogP contribution in [0.3, 0.4) is 0 Å². The summed E-state index contributed by atoms with van der Waals surface area (Å²) in [6, 6.07) is 6.29. The molecule has 2 aromatic heterocycles. The van der Waals surface area contributed by atoms with E-state index in [1.54, 1.807) is 11.9 Å². The summed E-state index contributed by atoms with van der Waals surface area (Å²) >= 11 is 1.42. The fourth-order valence-corrected chi connectivity index (χ4v) is 4.95. The van der Waals surface area contributed by atoms with E-state index in [-0.39, 0.29) is 42.9 Å². The van der Waals surface area contributed by atoms with E-state index in [1.165, 1.54) is 16.9 Å². The van der Waals surface area contributed by atoms with Gasteiger partial charge in [-0.15, -0.1) is 24.8 Å². The fraction of sp³-hybridized carbons (Fsp3) is 0.545. The van der Waals surface area contributed by atoms with Crippen molar-refractivity contribution >= 4 is 58.1 Å². The molecule has 0 radical (unpaired) electrons. The van der Waals surface area contributed by atoms with Crippen LogP contribution in [0.4, 0.5) is 0 Å². The van der Waals surface area contributed by atoms with Gasteiger partial charge in [-0.05, 0) is 50.3 Å². The van der Waals surface area contributed by atoms with E-state index in [0.29, 0.717) is 17.8 Å². The van der Waals surface area contributed by atoms with Crippen LogP contribution in [0.15, 0.2) is 24.4 Å². The van der Waals surface area contributed by atoms with E-state index >= 15 is 0 Å². The van der Waals surface area contributed by atoms with Gasteiger partial charge in [-0.25, -0.2) is 4.98 Å². The molecule has 0 unspecified atom stereocenters. The summed E-state index contributed by atoms with van der Waals surface area (Å²) in [4.78, 5) is 20.6. The first-order chi connectivity index (χ1) is 14.5. The molecule has 1 aliphatic rings.